The number of hydrogen-bond acceptors (Lipinski definition) is 2. The number of nitrogens with two attached hydrogens (primary N) is 1. The third kappa shape index (κ3) is 1.71. The van der Waals surface area contributed by atoms with Gasteiger partial charge in [-0.25, -0.2) is 0 Å². The van der Waals surface area contributed by atoms with Crippen LogP contribution in [0, 0.1) is 0 Å². The van der Waals surface area contributed by atoms with E-state index in [9.17, 15) is 0 Å². The molecule has 0 radical (unpaired) electrons. The van der Waals surface area contributed by atoms with Crippen LogP contribution in [0.4, 0.5) is 0 Å². The van der Waals surface area contributed by atoms with E-state index in [1.807, 2.05) is 30.1 Å². The number of rotatable bonds is 3. The first-order valence-corrected chi connectivity index (χ1v) is 6.09. The summed E-state index contributed by atoms with van der Waals surface area (Å²) >= 11 is 0. The van der Waals surface area contributed by atoms with Crippen LogP contribution < -0.4 is 5.73 Å². The zero-order chi connectivity index (χ0) is 12.5. The Kier molecular flexibility index (Phi) is 2.64. The van der Waals surface area contributed by atoms with Crippen molar-refractivity contribution in [2.75, 3.05) is 6.54 Å². The lowest BCUT2D eigenvalue weighted by Gasteiger charge is -2.00. The molecule has 3 N–H and O–H groups in total. The summed E-state index contributed by atoms with van der Waals surface area (Å²) in [4.78, 5) is 3.45. The number of nitrogens with zero attached hydrogens (tertiary/aromatic N) is 2. The van der Waals surface area contributed by atoms with Gasteiger partial charge in [0.2, 0.25) is 0 Å². The maximum absolute atomic E-state index is 5.72. The number of fused-ring (bicyclic) bond motifs is 1. The minimum absolute atomic E-state index is 0.641. The molecular weight excluding hydrogens is 224 g/mol. The molecule has 0 bridgehead atoms. The molecule has 0 unspecified atom stereocenters. The van der Waals surface area contributed by atoms with Gasteiger partial charge in [-0.1, -0.05) is 18.2 Å². The second kappa shape index (κ2) is 4.31. The van der Waals surface area contributed by atoms with Gasteiger partial charge in [0.1, 0.15) is 5.69 Å². The fraction of sp³-hybridized carbons (Fsp3) is 0.214. The molecule has 1 aromatic carbocycles. The molecule has 0 atom stereocenters. The maximum atomic E-state index is 5.72. The summed E-state index contributed by atoms with van der Waals surface area (Å²) in [6, 6.07) is 10.3. The van der Waals surface area contributed by atoms with Crippen molar-refractivity contribution in [1.29, 1.82) is 0 Å². The largest absolute Gasteiger partial charge is 0.353 e. The first-order valence-electron chi connectivity index (χ1n) is 6.09. The van der Waals surface area contributed by atoms with Crippen molar-refractivity contribution < 1.29 is 0 Å². The van der Waals surface area contributed by atoms with Crippen LogP contribution in [0.3, 0.4) is 0 Å². The zero-order valence-corrected chi connectivity index (χ0v) is 10.4. The van der Waals surface area contributed by atoms with Gasteiger partial charge < -0.3 is 10.7 Å². The quantitative estimate of drug-likeness (QED) is 0.736. The molecule has 0 aliphatic heterocycles. The number of hydrogen-bond donors (Lipinski definition) is 2. The van der Waals surface area contributed by atoms with Gasteiger partial charge in [0.05, 0.1) is 5.69 Å². The smallest absolute Gasteiger partial charge is 0.109 e. The number of aryl methyl sites for hydroxylation is 1. The van der Waals surface area contributed by atoms with Crippen molar-refractivity contribution in [1.82, 2.24) is 14.8 Å². The molecule has 4 heteroatoms. The van der Waals surface area contributed by atoms with Crippen LogP contribution in [0.25, 0.3) is 22.3 Å². The molecule has 0 saturated heterocycles. The first-order chi connectivity index (χ1) is 8.79. The van der Waals surface area contributed by atoms with E-state index >= 15 is 0 Å². The summed E-state index contributed by atoms with van der Waals surface area (Å²) in [6.07, 6.45) is 2.81. The average molecular weight is 240 g/mol. The zero-order valence-electron chi connectivity index (χ0n) is 10.4. The molecule has 2 heterocycles. The van der Waals surface area contributed by atoms with Gasteiger partial charge in [-0.05, 0) is 30.7 Å². The Balaban J connectivity index is 2.24. The molecule has 3 rings (SSSR count). The van der Waals surface area contributed by atoms with E-state index in [0.717, 1.165) is 23.3 Å². The van der Waals surface area contributed by atoms with Crippen LogP contribution in [-0.4, -0.2) is 21.3 Å². The van der Waals surface area contributed by atoms with Gasteiger partial charge in [-0.2, -0.15) is 5.10 Å². The Morgan fingerprint density at radius 3 is 2.83 bits per heavy atom. The number of benzene rings is 1. The predicted octanol–water partition coefficient (Wildman–Crippen LogP) is 2.07. The fourth-order valence-electron chi connectivity index (χ4n) is 2.37. The minimum atomic E-state index is 0.641. The van der Waals surface area contributed by atoms with E-state index in [1.54, 1.807) is 0 Å². The lowest BCUT2D eigenvalue weighted by atomic mass is 10.1. The molecule has 3 aromatic rings. The highest BCUT2D eigenvalue weighted by Gasteiger charge is 2.13. The second-order valence-electron chi connectivity index (χ2n) is 4.44. The molecule has 92 valence electrons. The van der Waals surface area contributed by atoms with E-state index in [0.29, 0.717) is 6.54 Å². The Morgan fingerprint density at radius 1 is 1.28 bits per heavy atom. The molecule has 0 aliphatic rings. The van der Waals surface area contributed by atoms with Gasteiger partial charge in [-0.3, -0.25) is 4.68 Å². The molecule has 2 aromatic heterocycles. The van der Waals surface area contributed by atoms with Crippen LogP contribution in [-0.2, 0) is 13.5 Å². The number of para-hydroxylation sites is 1. The Morgan fingerprint density at radius 2 is 2.11 bits per heavy atom. The van der Waals surface area contributed by atoms with Gasteiger partial charge in [0, 0.05) is 24.1 Å². The average Bonchev–Trinajstić information content (AvgIpc) is 2.95. The molecule has 18 heavy (non-hydrogen) atoms. The van der Waals surface area contributed by atoms with Gasteiger partial charge in [-0.15, -0.1) is 0 Å². The van der Waals surface area contributed by atoms with Gasteiger partial charge in [0.15, 0.2) is 0 Å². The SMILES string of the molecule is Cn1ccc(-c2[nH]c3ccccc3c2CCN)n1. The third-order valence-corrected chi connectivity index (χ3v) is 3.18. The summed E-state index contributed by atoms with van der Waals surface area (Å²) in [5.41, 5.74) is 10.2. The molecule has 0 fully saturated rings. The molecule has 4 nitrogen and oxygen atoms in total. The Labute approximate surface area is 105 Å². The second-order valence-corrected chi connectivity index (χ2v) is 4.44. The molecule has 0 amide bonds. The normalized spacial score (nSPS) is 11.2. The van der Waals surface area contributed by atoms with E-state index in [-0.39, 0.29) is 0 Å². The molecule has 0 saturated carbocycles. The van der Waals surface area contributed by atoms with Crippen LogP contribution in [0.2, 0.25) is 0 Å². The van der Waals surface area contributed by atoms with Crippen LogP contribution in [0.5, 0.6) is 0 Å². The Bertz CT molecular complexity index is 678. The van der Waals surface area contributed by atoms with E-state index < -0.39 is 0 Å². The highest BCUT2D eigenvalue weighted by Crippen LogP contribution is 2.29. The molecule has 0 aliphatic carbocycles. The lowest BCUT2D eigenvalue weighted by molar-refractivity contribution is 0.769. The highest BCUT2D eigenvalue weighted by atomic mass is 15.2. The first kappa shape index (κ1) is 11.0. The minimum Gasteiger partial charge on any atom is -0.353 e. The molecular formula is C14H16N4. The highest BCUT2D eigenvalue weighted by molar-refractivity contribution is 5.90. The van der Waals surface area contributed by atoms with E-state index in [2.05, 4.69) is 28.3 Å². The van der Waals surface area contributed by atoms with E-state index in [1.165, 1.54) is 10.9 Å². The number of aromatic amines is 1. The van der Waals surface area contributed by atoms with E-state index in [4.69, 9.17) is 5.73 Å². The number of aromatic nitrogens is 3. The van der Waals surface area contributed by atoms with Gasteiger partial charge >= 0.3 is 0 Å². The van der Waals surface area contributed by atoms with Crippen molar-refractivity contribution >= 4 is 10.9 Å². The predicted molar refractivity (Wildman–Crippen MR) is 73.3 cm³/mol. The van der Waals surface area contributed by atoms with Crippen LogP contribution in [0.1, 0.15) is 5.56 Å². The maximum Gasteiger partial charge on any atom is 0.109 e. The van der Waals surface area contributed by atoms with Crippen LogP contribution >= 0.6 is 0 Å². The van der Waals surface area contributed by atoms with Crippen LogP contribution in [0.15, 0.2) is 36.5 Å². The summed E-state index contributed by atoms with van der Waals surface area (Å²) in [5.74, 6) is 0. The summed E-state index contributed by atoms with van der Waals surface area (Å²) in [7, 11) is 1.93. The van der Waals surface area contributed by atoms with Crippen molar-refractivity contribution in [2.24, 2.45) is 12.8 Å². The fourth-order valence-corrected chi connectivity index (χ4v) is 2.37. The molecule has 0 spiro atoms. The summed E-state index contributed by atoms with van der Waals surface area (Å²) in [6.45, 7) is 0.641. The Hall–Kier alpha value is -2.07. The number of H-pyrrole nitrogens is 1. The lowest BCUT2D eigenvalue weighted by Crippen LogP contribution is -2.03. The summed E-state index contributed by atoms with van der Waals surface area (Å²) in [5, 5.41) is 5.70. The monoisotopic (exact) mass is 240 g/mol. The van der Waals surface area contributed by atoms with Crippen molar-refractivity contribution in [3.63, 3.8) is 0 Å². The van der Waals surface area contributed by atoms with Crippen molar-refractivity contribution in [2.45, 2.75) is 6.42 Å². The van der Waals surface area contributed by atoms with Crippen molar-refractivity contribution in [3.05, 3.63) is 42.1 Å². The standard InChI is InChI=1S/C14H16N4/c1-18-9-7-13(17-18)14-11(6-8-15)10-4-2-3-5-12(10)16-14/h2-5,7,9,16H,6,8,15H2,1H3. The summed E-state index contributed by atoms with van der Waals surface area (Å²) < 4.78 is 1.81. The topological polar surface area (TPSA) is 59.6 Å². The number of nitrogens with one attached hydrogen (secondary N) is 1. The third-order valence-electron chi connectivity index (χ3n) is 3.18. The van der Waals surface area contributed by atoms with Crippen molar-refractivity contribution in [3.8, 4) is 11.4 Å². The van der Waals surface area contributed by atoms with Gasteiger partial charge in [0.25, 0.3) is 0 Å².